The van der Waals surface area contributed by atoms with Crippen LogP contribution in [0.15, 0.2) is 4.79 Å². The van der Waals surface area contributed by atoms with Gasteiger partial charge < -0.3 is 5.11 Å². The Morgan fingerprint density at radius 3 is 2.05 bits per heavy atom. The summed E-state index contributed by atoms with van der Waals surface area (Å²) in [6.07, 6.45) is -1.57. The molecule has 0 bridgehead atoms. The lowest BCUT2D eigenvalue weighted by atomic mass is 9.74. The number of carbonyl (C=O) groups is 2. The normalized spacial score (nSPS) is 23.4. The molecule has 1 saturated carbocycles. The number of ketones is 2. The zero-order valence-electron chi connectivity index (χ0n) is 12.4. The number of hydrogen-bond acceptors (Lipinski definition) is 4. The Balaban J connectivity index is 2.64. The van der Waals surface area contributed by atoms with Gasteiger partial charge in [-0.15, -0.1) is 0 Å². The molecular weight excluding hydrogens is 260 g/mol. The van der Waals surface area contributed by atoms with Crippen molar-refractivity contribution in [2.75, 3.05) is 0 Å². The molecule has 6 heteroatoms. The van der Waals surface area contributed by atoms with Gasteiger partial charge in [-0.25, -0.2) is 4.68 Å². The molecule has 1 fully saturated rings. The van der Waals surface area contributed by atoms with Crippen molar-refractivity contribution in [3.63, 3.8) is 0 Å². The second-order valence-corrected chi connectivity index (χ2v) is 6.55. The Hall–Kier alpha value is -1.69. The Kier molecular flexibility index (Phi) is 3.25. The van der Waals surface area contributed by atoms with Gasteiger partial charge in [0.2, 0.25) is 0 Å². The van der Waals surface area contributed by atoms with Crippen LogP contribution in [-0.4, -0.2) is 32.6 Å². The predicted molar refractivity (Wildman–Crippen MR) is 72.9 cm³/mol. The van der Waals surface area contributed by atoms with Crippen LogP contribution in [-0.2, 0) is 15.1 Å². The molecule has 0 aliphatic heterocycles. The molecule has 1 aromatic rings. The highest BCUT2D eigenvalue weighted by Crippen LogP contribution is 2.33. The van der Waals surface area contributed by atoms with Gasteiger partial charge in [0.05, 0.1) is 11.1 Å². The summed E-state index contributed by atoms with van der Waals surface area (Å²) in [5, 5.41) is 12.3. The maximum atomic E-state index is 12.5. The van der Waals surface area contributed by atoms with Gasteiger partial charge in [0.15, 0.2) is 17.7 Å². The maximum absolute atomic E-state index is 12.5. The van der Waals surface area contributed by atoms with Gasteiger partial charge in [-0.05, 0) is 26.7 Å². The van der Waals surface area contributed by atoms with Crippen molar-refractivity contribution in [2.45, 2.75) is 58.1 Å². The number of hydrogen-bond donors (Lipinski definition) is 2. The Bertz CT molecular complexity index is 615. The zero-order valence-corrected chi connectivity index (χ0v) is 12.4. The Morgan fingerprint density at radius 2 is 1.65 bits per heavy atom. The fourth-order valence-corrected chi connectivity index (χ4v) is 2.44. The summed E-state index contributed by atoms with van der Waals surface area (Å²) in [6.45, 7) is 9.34. The van der Waals surface area contributed by atoms with Gasteiger partial charge >= 0.3 is 0 Å². The lowest BCUT2D eigenvalue weighted by Crippen LogP contribution is -2.52. The Morgan fingerprint density at radius 1 is 1.15 bits per heavy atom. The van der Waals surface area contributed by atoms with Gasteiger partial charge in [0.25, 0.3) is 5.56 Å². The van der Waals surface area contributed by atoms with E-state index in [1.807, 2.05) is 34.6 Å². The molecule has 0 saturated heterocycles. The zero-order chi connectivity index (χ0) is 15.4. The van der Waals surface area contributed by atoms with E-state index in [1.165, 1.54) is 4.68 Å². The molecule has 20 heavy (non-hydrogen) atoms. The minimum Gasteiger partial charge on any atom is -0.377 e. The third-order valence-corrected chi connectivity index (χ3v) is 3.60. The molecule has 1 aliphatic rings. The largest absolute Gasteiger partial charge is 0.377 e. The average molecular weight is 280 g/mol. The van der Waals surface area contributed by atoms with Crippen molar-refractivity contribution in [3.05, 3.63) is 21.6 Å². The quantitative estimate of drug-likeness (QED) is 0.778. The molecule has 1 aliphatic carbocycles. The second-order valence-electron chi connectivity index (χ2n) is 6.55. The number of nitrogens with one attached hydrogen (secondary N) is 1. The molecule has 6 nitrogen and oxygen atoms in total. The third kappa shape index (κ3) is 1.95. The minimum absolute atomic E-state index is 0.0281. The molecule has 0 radical (unpaired) electrons. The number of aliphatic hydroxyl groups is 1. The summed E-state index contributed by atoms with van der Waals surface area (Å²) in [4.78, 5) is 36.0. The molecule has 0 unspecified atom stereocenters. The summed E-state index contributed by atoms with van der Waals surface area (Å²) < 4.78 is 1.43. The fraction of sp³-hybridized carbons (Fsp3) is 0.643. The minimum atomic E-state index is -1.57. The molecule has 0 spiro atoms. The first-order valence-corrected chi connectivity index (χ1v) is 6.68. The van der Waals surface area contributed by atoms with E-state index >= 15 is 0 Å². The molecule has 0 atom stereocenters. The van der Waals surface area contributed by atoms with Crippen molar-refractivity contribution in [1.29, 1.82) is 0 Å². The first-order chi connectivity index (χ1) is 9.07. The molecule has 110 valence electrons. The first kappa shape index (κ1) is 14.7. The monoisotopic (exact) mass is 280 g/mol. The van der Waals surface area contributed by atoms with Crippen molar-refractivity contribution < 1.29 is 14.7 Å². The highest BCUT2D eigenvalue weighted by Gasteiger charge is 2.51. The number of aliphatic hydroxyl groups excluding tert-OH is 1. The average Bonchev–Trinajstić information content (AvgIpc) is 2.67. The van der Waals surface area contributed by atoms with E-state index in [0.717, 1.165) is 0 Å². The van der Waals surface area contributed by atoms with Gasteiger partial charge in [-0.1, -0.05) is 13.8 Å². The number of carbonyl (C=O) groups excluding carboxylic acids is 2. The number of aromatic nitrogens is 2. The number of H-pyrrole nitrogens is 1. The Labute approximate surface area is 116 Å². The lowest BCUT2D eigenvalue weighted by Gasteiger charge is -2.27. The van der Waals surface area contributed by atoms with E-state index < -0.39 is 29.1 Å². The standard InChI is InChI=1S/C14H20N2O4/c1-6(2)9-7(8-10(17)12(19)11(8)18)13(20)16(15-9)14(3,4)5/h6,8,12,15,19H,1-5H3. The van der Waals surface area contributed by atoms with E-state index in [-0.39, 0.29) is 17.0 Å². The van der Waals surface area contributed by atoms with Crippen molar-refractivity contribution >= 4 is 11.6 Å². The summed E-state index contributed by atoms with van der Waals surface area (Å²) in [6, 6.07) is 0. The number of rotatable bonds is 2. The van der Waals surface area contributed by atoms with E-state index in [9.17, 15) is 19.5 Å². The summed E-state index contributed by atoms with van der Waals surface area (Å²) in [5.74, 6) is -2.32. The highest BCUT2D eigenvalue weighted by molar-refractivity contribution is 6.29. The van der Waals surface area contributed by atoms with Crippen LogP contribution in [0.2, 0.25) is 0 Å². The first-order valence-electron chi connectivity index (χ1n) is 6.68. The molecular formula is C14H20N2O4. The van der Waals surface area contributed by atoms with E-state index in [1.54, 1.807) is 0 Å². The van der Waals surface area contributed by atoms with Crippen LogP contribution in [0.4, 0.5) is 0 Å². The topological polar surface area (TPSA) is 92.2 Å². The second kappa shape index (κ2) is 4.41. The fourth-order valence-electron chi connectivity index (χ4n) is 2.44. The predicted octanol–water partition coefficient (Wildman–Crippen LogP) is 0.651. The molecule has 2 N–H and O–H groups in total. The van der Waals surface area contributed by atoms with Crippen molar-refractivity contribution in [1.82, 2.24) is 9.78 Å². The van der Waals surface area contributed by atoms with Crippen LogP contribution in [0, 0.1) is 0 Å². The molecule has 0 amide bonds. The van der Waals surface area contributed by atoms with Crippen LogP contribution in [0.1, 0.15) is 57.7 Å². The summed E-state index contributed by atoms with van der Waals surface area (Å²) in [7, 11) is 0. The molecule has 0 aromatic carbocycles. The summed E-state index contributed by atoms with van der Waals surface area (Å²) >= 11 is 0. The van der Waals surface area contributed by atoms with Crippen LogP contribution in [0.3, 0.4) is 0 Å². The van der Waals surface area contributed by atoms with Crippen molar-refractivity contribution in [2.24, 2.45) is 0 Å². The van der Waals surface area contributed by atoms with E-state index in [2.05, 4.69) is 5.10 Å². The highest BCUT2D eigenvalue weighted by atomic mass is 16.3. The van der Waals surface area contributed by atoms with Gasteiger partial charge in [0.1, 0.15) is 5.92 Å². The van der Waals surface area contributed by atoms with E-state index in [0.29, 0.717) is 5.69 Å². The lowest BCUT2D eigenvalue weighted by molar-refractivity contribution is -0.152. The third-order valence-electron chi connectivity index (χ3n) is 3.60. The summed E-state index contributed by atoms with van der Waals surface area (Å²) in [5.41, 5.74) is -0.0634. The molecule has 2 rings (SSSR count). The van der Waals surface area contributed by atoms with Crippen LogP contribution in [0.25, 0.3) is 0 Å². The van der Waals surface area contributed by atoms with Crippen LogP contribution in [0.5, 0.6) is 0 Å². The van der Waals surface area contributed by atoms with Crippen molar-refractivity contribution in [3.8, 4) is 0 Å². The molecule has 1 heterocycles. The number of Topliss-reactive ketones (excluding diaryl/α,β-unsaturated/α-hetero) is 2. The number of aromatic amines is 1. The van der Waals surface area contributed by atoms with Gasteiger partial charge in [0, 0.05) is 5.69 Å². The van der Waals surface area contributed by atoms with E-state index in [4.69, 9.17) is 0 Å². The number of nitrogens with zero attached hydrogens (tertiary/aromatic N) is 1. The maximum Gasteiger partial charge on any atom is 0.271 e. The van der Waals surface area contributed by atoms with Gasteiger partial charge in [-0.2, -0.15) is 0 Å². The molecule has 1 aromatic heterocycles. The van der Waals surface area contributed by atoms with Gasteiger partial charge in [-0.3, -0.25) is 19.5 Å². The van der Waals surface area contributed by atoms with Crippen LogP contribution >= 0.6 is 0 Å². The smallest absolute Gasteiger partial charge is 0.271 e. The SMILES string of the molecule is CC(C)c1[nH]n(C(C)(C)C)c(=O)c1C1C(=O)C(O)C1=O. The van der Waals surface area contributed by atoms with Crippen LogP contribution < -0.4 is 5.56 Å².